The summed E-state index contributed by atoms with van der Waals surface area (Å²) < 4.78 is 6.45. The Kier molecular flexibility index (Phi) is 6.55. The normalized spacial score (nSPS) is 16.5. The van der Waals surface area contributed by atoms with E-state index in [-0.39, 0.29) is 35.8 Å². The number of fused-ring (bicyclic) bond motifs is 1. The maximum Gasteiger partial charge on any atom is 0.310 e. The fourth-order valence-electron chi connectivity index (χ4n) is 3.62. The van der Waals surface area contributed by atoms with Crippen LogP contribution in [0.1, 0.15) is 35.0 Å². The molecule has 0 aromatic carbocycles. The third-order valence-corrected chi connectivity index (χ3v) is 6.51. The van der Waals surface area contributed by atoms with Crippen molar-refractivity contribution in [3.05, 3.63) is 27.1 Å². The average molecular weight is 435 g/mol. The first-order valence-electron chi connectivity index (χ1n) is 9.89. The molecule has 1 atom stereocenters. The number of hydrogen-bond donors (Lipinski definition) is 0. The van der Waals surface area contributed by atoms with Gasteiger partial charge in [0.15, 0.2) is 0 Å². The minimum Gasteiger partial charge on any atom is -0.466 e. The molecule has 1 aliphatic rings. The predicted octanol–water partition coefficient (Wildman–Crippen LogP) is 1.18. The number of aryl methyl sites for hydroxylation is 2. The highest BCUT2D eigenvalue weighted by Gasteiger charge is 2.30. The average Bonchev–Trinajstić information content (AvgIpc) is 3.07. The molecular formula is C20H26N4O5S. The largest absolute Gasteiger partial charge is 0.466 e. The summed E-state index contributed by atoms with van der Waals surface area (Å²) in [6.07, 6.45) is 2.84. The minimum atomic E-state index is -0.329. The van der Waals surface area contributed by atoms with Gasteiger partial charge in [0, 0.05) is 27.2 Å². The molecule has 1 aliphatic heterocycles. The first kappa shape index (κ1) is 21.9. The number of ether oxygens (including phenoxy) is 1. The molecule has 2 amide bonds. The van der Waals surface area contributed by atoms with Crippen molar-refractivity contribution in [2.45, 2.75) is 26.7 Å². The van der Waals surface area contributed by atoms with Gasteiger partial charge in [-0.2, -0.15) is 0 Å². The molecule has 1 unspecified atom stereocenters. The maximum absolute atomic E-state index is 13.0. The summed E-state index contributed by atoms with van der Waals surface area (Å²) in [4.78, 5) is 58.2. The molecule has 0 aliphatic carbocycles. The van der Waals surface area contributed by atoms with Crippen molar-refractivity contribution in [1.82, 2.24) is 19.4 Å². The van der Waals surface area contributed by atoms with E-state index in [0.29, 0.717) is 46.8 Å². The summed E-state index contributed by atoms with van der Waals surface area (Å²) in [7, 11) is 3.17. The Morgan fingerprint density at radius 1 is 1.37 bits per heavy atom. The van der Waals surface area contributed by atoms with Gasteiger partial charge in [-0.05, 0) is 32.3 Å². The van der Waals surface area contributed by atoms with E-state index in [1.54, 1.807) is 32.8 Å². The fraction of sp³-hybridized carbons (Fsp3) is 0.550. The van der Waals surface area contributed by atoms with Gasteiger partial charge in [0.25, 0.3) is 11.5 Å². The van der Waals surface area contributed by atoms with Crippen molar-refractivity contribution in [3.63, 3.8) is 0 Å². The number of nitrogens with zero attached hydrogens (tertiary/aromatic N) is 4. The van der Waals surface area contributed by atoms with E-state index in [1.165, 1.54) is 15.8 Å². The van der Waals surface area contributed by atoms with Gasteiger partial charge in [-0.1, -0.05) is 0 Å². The number of piperidine rings is 1. The number of aromatic nitrogens is 2. The van der Waals surface area contributed by atoms with Gasteiger partial charge in [0.05, 0.1) is 35.7 Å². The Bertz CT molecular complexity index is 1040. The van der Waals surface area contributed by atoms with E-state index < -0.39 is 0 Å². The number of amides is 2. The SMILES string of the molecule is CCOC(=O)C1CCCN(C(=O)CN(C)C(=O)c2sc3ncn(C)c(=O)c3c2C)C1. The van der Waals surface area contributed by atoms with Crippen molar-refractivity contribution in [2.24, 2.45) is 13.0 Å². The van der Waals surface area contributed by atoms with Gasteiger partial charge in [0.2, 0.25) is 5.91 Å². The van der Waals surface area contributed by atoms with Crippen LogP contribution in [0.15, 0.2) is 11.1 Å². The van der Waals surface area contributed by atoms with Crippen LogP contribution in [0.4, 0.5) is 0 Å². The molecule has 2 aromatic heterocycles. The standard InChI is InChI=1S/C20H26N4O5S/c1-5-29-20(28)13-7-6-8-24(9-13)14(25)10-22(3)19(27)16-12(2)15-17(30-16)21-11-23(4)18(15)26/h11,13H,5-10H2,1-4H3. The van der Waals surface area contributed by atoms with Gasteiger partial charge in [-0.15, -0.1) is 11.3 Å². The van der Waals surface area contributed by atoms with Gasteiger partial charge >= 0.3 is 5.97 Å². The predicted molar refractivity (Wildman–Crippen MR) is 112 cm³/mol. The molecule has 3 heterocycles. The lowest BCUT2D eigenvalue weighted by Crippen LogP contribution is -2.47. The number of esters is 1. The highest BCUT2D eigenvalue weighted by molar-refractivity contribution is 7.20. The van der Waals surface area contributed by atoms with E-state index in [4.69, 9.17) is 4.74 Å². The van der Waals surface area contributed by atoms with Crippen molar-refractivity contribution in [3.8, 4) is 0 Å². The maximum atomic E-state index is 13.0. The van der Waals surface area contributed by atoms with Crippen LogP contribution in [-0.4, -0.2) is 70.4 Å². The van der Waals surface area contributed by atoms with Crippen molar-refractivity contribution < 1.29 is 19.1 Å². The van der Waals surface area contributed by atoms with Gasteiger partial charge in [-0.3, -0.25) is 19.2 Å². The first-order valence-corrected chi connectivity index (χ1v) is 10.7. The lowest BCUT2D eigenvalue weighted by atomic mass is 9.98. The zero-order valence-corrected chi connectivity index (χ0v) is 18.5. The second kappa shape index (κ2) is 8.95. The Morgan fingerprint density at radius 2 is 2.10 bits per heavy atom. The Morgan fingerprint density at radius 3 is 2.80 bits per heavy atom. The summed E-state index contributed by atoms with van der Waals surface area (Å²) in [5.74, 6) is -1.15. The van der Waals surface area contributed by atoms with Crippen LogP contribution in [-0.2, 0) is 21.4 Å². The number of thiophene rings is 1. The summed E-state index contributed by atoms with van der Waals surface area (Å²) in [5.41, 5.74) is 0.373. The lowest BCUT2D eigenvalue weighted by molar-refractivity contribution is -0.151. The van der Waals surface area contributed by atoms with Crippen molar-refractivity contribution >= 4 is 39.3 Å². The van der Waals surface area contributed by atoms with Crippen LogP contribution in [0.25, 0.3) is 10.2 Å². The second-order valence-electron chi connectivity index (χ2n) is 7.49. The van der Waals surface area contributed by atoms with Crippen molar-refractivity contribution in [2.75, 3.05) is 33.3 Å². The Balaban J connectivity index is 1.71. The number of carbonyl (C=O) groups is 3. The summed E-state index contributed by atoms with van der Waals surface area (Å²) in [6, 6.07) is 0. The summed E-state index contributed by atoms with van der Waals surface area (Å²) >= 11 is 1.15. The van der Waals surface area contributed by atoms with E-state index in [1.807, 2.05) is 0 Å². The molecule has 3 rings (SSSR count). The number of rotatable bonds is 5. The zero-order valence-electron chi connectivity index (χ0n) is 17.6. The monoisotopic (exact) mass is 434 g/mol. The quantitative estimate of drug-likeness (QED) is 0.655. The molecule has 0 saturated carbocycles. The molecule has 10 heteroatoms. The zero-order chi connectivity index (χ0) is 22.0. The minimum absolute atomic E-state index is 0.104. The van der Waals surface area contributed by atoms with E-state index in [0.717, 1.165) is 17.8 Å². The fourth-order valence-corrected chi connectivity index (χ4v) is 4.75. The highest BCUT2D eigenvalue weighted by Crippen LogP contribution is 2.27. The molecule has 0 spiro atoms. The molecular weight excluding hydrogens is 408 g/mol. The molecule has 0 N–H and O–H groups in total. The smallest absolute Gasteiger partial charge is 0.310 e. The topological polar surface area (TPSA) is 102 Å². The Hall–Kier alpha value is -2.75. The van der Waals surface area contributed by atoms with Crippen LogP contribution in [0.3, 0.4) is 0 Å². The van der Waals surface area contributed by atoms with Crippen LogP contribution in [0.2, 0.25) is 0 Å². The lowest BCUT2D eigenvalue weighted by Gasteiger charge is -2.32. The third kappa shape index (κ3) is 4.23. The number of likely N-dealkylation sites (N-methyl/N-ethyl adjacent to an activating group) is 1. The number of likely N-dealkylation sites (tertiary alicyclic amines) is 1. The van der Waals surface area contributed by atoms with Crippen LogP contribution >= 0.6 is 11.3 Å². The molecule has 0 bridgehead atoms. The number of hydrogen-bond acceptors (Lipinski definition) is 7. The van der Waals surface area contributed by atoms with Crippen LogP contribution in [0.5, 0.6) is 0 Å². The van der Waals surface area contributed by atoms with Gasteiger partial charge in [-0.25, -0.2) is 4.98 Å². The van der Waals surface area contributed by atoms with Crippen molar-refractivity contribution in [1.29, 1.82) is 0 Å². The molecule has 1 saturated heterocycles. The molecule has 9 nitrogen and oxygen atoms in total. The number of carbonyl (C=O) groups excluding carboxylic acids is 3. The van der Waals surface area contributed by atoms with Crippen LogP contribution < -0.4 is 5.56 Å². The third-order valence-electron chi connectivity index (χ3n) is 5.32. The first-order chi connectivity index (χ1) is 14.2. The summed E-state index contributed by atoms with van der Waals surface area (Å²) in [6.45, 7) is 4.55. The molecule has 2 aromatic rings. The second-order valence-corrected chi connectivity index (χ2v) is 8.49. The van der Waals surface area contributed by atoms with Crippen LogP contribution in [0, 0.1) is 12.8 Å². The van der Waals surface area contributed by atoms with E-state index in [2.05, 4.69) is 4.98 Å². The Labute approximate surface area is 178 Å². The molecule has 0 radical (unpaired) electrons. The molecule has 30 heavy (non-hydrogen) atoms. The summed E-state index contributed by atoms with van der Waals surface area (Å²) in [5, 5.41) is 0.432. The highest BCUT2D eigenvalue weighted by atomic mass is 32.1. The molecule has 1 fully saturated rings. The van der Waals surface area contributed by atoms with E-state index >= 15 is 0 Å². The van der Waals surface area contributed by atoms with Gasteiger partial charge < -0.3 is 19.1 Å². The van der Waals surface area contributed by atoms with E-state index in [9.17, 15) is 19.2 Å². The molecule has 162 valence electrons. The van der Waals surface area contributed by atoms with Gasteiger partial charge in [0.1, 0.15) is 4.83 Å².